The number of rotatable bonds is 5. The second-order valence-electron chi connectivity index (χ2n) is 9.66. The highest BCUT2D eigenvalue weighted by Gasteiger charge is 2.31. The van der Waals surface area contributed by atoms with Gasteiger partial charge in [-0.15, -0.1) is 0 Å². The van der Waals surface area contributed by atoms with E-state index in [-0.39, 0.29) is 27.5 Å². The zero-order valence-electron chi connectivity index (χ0n) is 19.2. The van der Waals surface area contributed by atoms with Crippen LogP contribution in [0.15, 0.2) is 47.4 Å². The van der Waals surface area contributed by atoms with E-state index in [2.05, 4.69) is 0 Å². The molecule has 2 aromatic carbocycles. The first-order valence-electron chi connectivity index (χ1n) is 10.1. The van der Waals surface area contributed by atoms with Crippen LogP contribution in [0, 0.1) is 11.3 Å². The normalized spacial score (nSPS) is 13.0. The molecule has 0 amide bonds. The van der Waals surface area contributed by atoms with Crippen molar-refractivity contribution in [3.63, 3.8) is 0 Å². The molecule has 2 rings (SSSR count). The van der Waals surface area contributed by atoms with Crippen molar-refractivity contribution in [3.8, 4) is 11.8 Å². The number of nitrogens with zero attached hydrogens (tertiary/aromatic N) is 1. The highest BCUT2D eigenvalue weighted by molar-refractivity contribution is 8.00. The van der Waals surface area contributed by atoms with Crippen LogP contribution in [-0.2, 0) is 20.7 Å². The summed E-state index contributed by atoms with van der Waals surface area (Å²) >= 11 is 0. The van der Waals surface area contributed by atoms with Crippen molar-refractivity contribution < 1.29 is 23.4 Å². The van der Waals surface area contributed by atoms with E-state index in [0.717, 1.165) is 0 Å². The van der Waals surface area contributed by atoms with Gasteiger partial charge in [0.15, 0.2) is 0 Å². The Balaban J connectivity index is 2.95. The van der Waals surface area contributed by atoms with E-state index < -0.39 is 26.6 Å². The van der Waals surface area contributed by atoms with Gasteiger partial charge in [0.05, 0.1) is 27.9 Å². The fourth-order valence-electron chi connectivity index (χ4n) is 3.44. The van der Waals surface area contributed by atoms with E-state index in [1.54, 1.807) is 12.1 Å². The molecule has 0 aliphatic carbocycles. The number of carboxylic acids is 1. The fraction of sp³-hybridized carbons (Fsp3) is 0.360. The molecule has 0 radical (unpaired) electrons. The number of nitriles is 1. The van der Waals surface area contributed by atoms with E-state index in [4.69, 9.17) is 5.26 Å². The first-order chi connectivity index (χ1) is 14.6. The molecule has 0 unspecified atom stereocenters. The second kappa shape index (κ2) is 8.79. The lowest BCUT2D eigenvalue weighted by Crippen LogP contribution is -2.19. The average Bonchev–Trinajstić information content (AvgIpc) is 2.67. The smallest absolute Gasteiger partial charge is 0.337 e. The third-order valence-corrected chi connectivity index (χ3v) is 7.00. The topological polar surface area (TPSA) is 115 Å². The maximum absolute atomic E-state index is 13.7. The molecular weight excluding hydrogens is 426 g/mol. The molecule has 0 bridgehead atoms. The van der Waals surface area contributed by atoms with Crippen molar-refractivity contribution in [3.05, 3.63) is 64.7 Å². The molecule has 0 aromatic heterocycles. The van der Waals surface area contributed by atoms with Crippen molar-refractivity contribution in [1.82, 2.24) is 0 Å². The Bertz CT molecular complexity index is 1190. The highest BCUT2D eigenvalue weighted by atomic mass is 32.2. The van der Waals surface area contributed by atoms with Crippen molar-refractivity contribution in [2.24, 2.45) is 0 Å². The molecular formula is C25H29NO5S. The molecule has 170 valence electrons. The number of aromatic hydroxyl groups is 1. The van der Waals surface area contributed by atoms with Crippen molar-refractivity contribution in [2.75, 3.05) is 0 Å². The van der Waals surface area contributed by atoms with Crippen LogP contribution in [0.1, 0.15) is 75.0 Å². The molecule has 0 saturated carbocycles. The summed E-state index contributed by atoms with van der Waals surface area (Å²) in [6.45, 7) is 11.4. The highest BCUT2D eigenvalue weighted by Crippen LogP contribution is 2.42. The summed E-state index contributed by atoms with van der Waals surface area (Å²) in [5.74, 6) is -1.27. The maximum Gasteiger partial charge on any atom is 0.337 e. The Labute approximate surface area is 189 Å². The molecule has 0 heterocycles. The summed E-state index contributed by atoms with van der Waals surface area (Å²) in [7, 11) is -4.29. The molecule has 0 fully saturated rings. The maximum atomic E-state index is 13.7. The van der Waals surface area contributed by atoms with Crippen LogP contribution in [0.2, 0.25) is 0 Å². The van der Waals surface area contributed by atoms with Gasteiger partial charge >= 0.3 is 5.97 Å². The quantitative estimate of drug-likeness (QED) is 0.622. The summed E-state index contributed by atoms with van der Waals surface area (Å²) < 4.78 is 27.3. The van der Waals surface area contributed by atoms with Gasteiger partial charge in [-0.05, 0) is 40.7 Å². The predicted molar refractivity (Wildman–Crippen MR) is 124 cm³/mol. The Kier molecular flexibility index (Phi) is 6.91. The van der Waals surface area contributed by atoms with Crippen LogP contribution >= 0.6 is 0 Å². The van der Waals surface area contributed by atoms with E-state index in [1.165, 1.54) is 30.3 Å². The first-order valence-corrected chi connectivity index (χ1v) is 11.6. The number of carbonyl (C=O) groups is 1. The molecule has 2 N–H and O–H groups in total. The average molecular weight is 456 g/mol. The van der Waals surface area contributed by atoms with Gasteiger partial charge in [-0.25, -0.2) is 13.2 Å². The number of aromatic carboxylic acids is 1. The van der Waals surface area contributed by atoms with Gasteiger partial charge in [0.25, 0.3) is 0 Å². The van der Waals surface area contributed by atoms with Gasteiger partial charge in [0, 0.05) is 11.1 Å². The van der Waals surface area contributed by atoms with Crippen molar-refractivity contribution >= 4 is 20.7 Å². The van der Waals surface area contributed by atoms with E-state index in [1.807, 2.05) is 47.6 Å². The predicted octanol–water partition coefficient (Wildman–Crippen LogP) is 5.41. The number of allylic oxidation sites excluding steroid dienone is 1. The first kappa shape index (κ1) is 25.2. The number of hydrogen-bond acceptors (Lipinski definition) is 5. The molecule has 0 saturated heterocycles. The lowest BCUT2D eigenvalue weighted by Gasteiger charge is -2.28. The number of hydrogen-bond donors (Lipinski definition) is 2. The number of phenols is 1. The van der Waals surface area contributed by atoms with Gasteiger partial charge in [-0.3, -0.25) is 0 Å². The van der Waals surface area contributed by atoms with Gasteiger partial charge in [0.1, 0.15) is 5.75 Å². The van der Waals surface area contributed by atoms with Crippen LogP contribution in [0.3, 0.4) is 0 Å². The summed E-state index contributed by atoms with van der Waals surface area (Å²) in [5, 5.41) is 29.6. The zero-order chi connectivity index (χ0) is 24.5. The van der Waals surface area contributed by atoms with E-state index in [0.29, 0.717) is 16.7 Å². The van der Waals surface area contributed by atoms with Crippen LogP contribution in [0.5, 0.6) is 5.75 Å². The van der Waals surface area contributed by atoms with Gasteiger partial charge in [0.2, 0.25) is 9.84 Å². The molecule has 0 atom stereocenters. The van der Waals surface area contributed by atoms with Gasteiger partial charge in [-0.1, -0.05) is 59.8 Å². The van der Waals surface area contributed by atoms with Crippen LogP contribution in [-0.4, -0.2) is 24.6 Å². The summed E-state index contributed by atoms with van der Waals surface area (Å²) in [6.07, 6.45) is 1.11. The van der Waals surface area contributed by atoms with E-state index >= 15 is 0 Å². The molecule has 0 aliphatic heterocycles. The number of phenolic OH excluding ortho intramolecular Hbond substituents is 1. The molecule has 7 heteroatoms. The Morgan fingerprint density at radius 2 is 1.53 bits per heavy atom. The molecule has 0 aliphatic rings. The van der Waals surface area contributed by atoms with Crippen molar-refractivity contribution in [2.45, 2.75) is 63.7 Å². The fourth-order valence-corrected chi connectivity index (χ4v) is 5.11. The van der Waals surface area contributed by atoms with E-state index in [9.17, 15) is 23.4 Å². The monoisotopic (exact) mass is 455 g/mol. The molecule has 2 aromatic rings. The van der Waals surface area contributed by atoms with Gasteiger partial charge in [-0.2, -0.15) is 5.26 Å². The third-order valence-electron chi connectivity index (χ3n) is 5.09. The van der Waals surface area contributed by atoms with Crippen LogP contribution in [0.25, 0.3) is 4.91 Å². The lowest BCUT2D eigenvalue weighted by atomic mass is 9.78. The van der Waals surface area contributed by atoms with Gasteiger partial charge < -0.3 is 10.2 Å². The summed E-state index contributed by atoms with van der Waals surface area (Å²) in [5.41, 5.74) is 0.0788. The SMILES string of the molecule is CC(C)(C)c1cc(C(=CCC#N)S(=O)(=O)c2ccccc2C(=O)O)cc(C(C)(C)C)c1O. The summed E-state index contributed by atoms with van der Waals surface area (Å²) in [4.78, 5) is 11.2. The Morgan fingerprint density at radius 1 is 1.03 bits per heavy atom. The molecule has 0 spiro atoms. The van der Waals surface area contributed by atoms with Crippen molar-refractivity contribution in [1.29, 1.82) is 5.26 Å². The minimum atomic E-state index is -4.29. The lowest BCUT2D eigenvalue weighted by molar-refractivity contribution is 0.0692. The minimum absolute atomic E-state index is 0.0942. The minimum Gasteiger partial charge on any atom is -0.507 e. The zero-order valence-corrected chi connectivity index (χ0v) is 20.0. The van der Waals surface area contributed by atoms with Crippen LogP contribution < -0.4 is 0 Å². The van der Waals surface area contributed by atoms with Crippen LogP contribution in [0.4, 0.5) is 0 Å². The largest absolute Gasteiger partial charge is 0.507 e. The number of sulfone groups is 1. The standard InChI is InChI=1S/C25H29NO5S/c1-24(2,3)18-14-16(15-19(22(18)27)25(4,5)6)20(12-9-13-26)32(30,31)21-11-8-7-10-17(21)23(28)29/h7-8,10-12,14-15,27H,9H2,1-6H3,(H,28,29). The number of carboxylic acid groups (broad SMARTS) is 1. The second-order valence-corrected chi connectivity index (χ2v) is 11.5. The Hall–Kier alpha value is -3.11. The molecule has 32 heavy (non-hydrogen) atoms. The number of benzene rings is 2. The summed E-state index contributed by atoms with van der Waals surface area (Å²) in [6, 6.07) is 10.5. The Morgan fingerprint density at radius 3 is 1.97 bits per heavy atom. The molecule has 6 nitrogen and oxygen atoms in total. The third kappa shape index (κ3) is 5.03.